The fourth-order valence-electron chi connectivity index (χ4n) is 2.24. The Balaban J connectivity index is 2.29. The Labute approximate surface area is 151 Å². The van der Waals surface area contributed by atoms with Crippen LogP contribution in [0.1, 0.15) is 18.1 Å². The first-order chi connectivity index (χ1) is 12.5. The quantitative estimate of drug-likeness (QED) is 0.363. The van der Waals surface area contributed by atoms with Gasteiger partial charge in [0.05, 0.1) is 12.2 Å². The molecule has 144 valence electrons. The minimum absolute atomic E-state index is 0.0532. The zero-order valence-corrected chi connectivity index (χ0v) is 14.0. The topological polar surface area (TPSA) is 26.3 Å². The zero-order chi connectivity index (χ0) is 20.2. The molecule has 0 spiro atoms. The van der Waals surface area contributed by atoms with E-state index in [1.54, 1.807) is 6.92 Å². The molecule has 0 aliphatic heterocycles. The lowest BCUT2D eigenvalue weighted by atomic mass is 10.0. The van der Waals surface area contributed by atoms with Gasteiger partial charge in [-0.1, -0.05) is 36.4 Å². The van der Waals surface area contributed by atoms with E-state index >= 15 is 0 Å². The summed E-state index contributed by atoms with van der Waals surface area (Å²) in [6, 6.07) is 10.4. The molecule has 0 amide bonds. The van der Waals surface area contributed by atoms with Gasteiger partial charge in [0.15, 0.2) is 0 Å². The highest BCUT2D eigenvalue weighted by Crippen LogP contribution is 2.31. The number of alkyl halides is 6. The summed E-state index contributed by atoms with van der Waals surface area (Å²) in [4.78, 5) is 11.2. The fourth-order valence-corrected chi connectivity index (χ4v) is 2.24. The van der Waals surface area contributed by atoms with E-state index < -0.39 is 23.7 Å². The van der Waals surface area contributed by atoms with Gasteiger partial charge >= 0.3 is 12.4 Å². The second kappa shape index (κ2) is 7.85. The van der Waals surface area contributed by atoms with Crippen molar-refractivity contribution in [3.63, 3.8) is 0 Å². The Bertz CT molecular complexity index is 815. The first kappa shape index (κ1) is 20.5. The van der Waals surface area contributed by atoms with Crippen molar-refractivity contribution in [2.75, 3.05) is 6.61 Å². The van der Waals surface area contributed by atoms with Crippen LogP contribution in [0.4, 0.5) is 26.3 Å². The van der Waals surface area contributed by atoms with E-state index in [1.807, 2.05) is 0 Å². The van der Waals surface area contributed by atoms with Crippen LogP contribution in [-0.2, 0) is 15.7 Å². The molecule has 0 unspecified atom stereocenters. The van der Waals surface area contributed by atoms with E-state index in [0.717, 1.165) is 12.1 Å². The Morgan fingerprint density at radius 3 is 1.78 bits per heavy atom. The average Bonchev–Trinajstić information content (AvgIpc) is 2.60. The number of carbonyl (C=O) groups excluding carboxylic acids is 1. The van der Waals surface area contributed by atoms with Crippen LogP contribution in [0.2, 0.25) is 0 Å². The third kappa shape index (κ3) is 5.35. The average molecular weight is 388 g/mol. The molecule has 0 aliphatic rings. The Hall–Kier alpha value is -2.77. The van der Waals surface area contributed by atoms with Crippen LogP contribution in [0.25, 0.3) is 16.9 Å². The third-order valence-electron chi connectivity index (χ3n) is 3.56. The number of hydrogen-bond acceptors (Lipinski definition) is 2. The van der Waals surface area contributed by atoms with E-state index in [1.165, 1.54) is 36.4 Å². The van der Waals surface area contributed by atoms with Gasteiger partial charge in [0.2, 0.25) is 0 Å². The van der Waals surface area contributed by atoms with Crippen LogP contribution in [0.5, 0.6) is 0 Å². The van der Waals surface area contributed by atoms with Gasteiger partial charge in [-0.25, -0.2) is 0 Å². The number of ketones is 1. The predicted octanol–water partition coefficient (Wildman–Crippen LogP) is 5.88. The molecule has 2 aromatic carbocycles. The number of carbonyl (C=O) groups is 1. The number of hydrogen-bond donors (Lipinski definition) is 0. The van der Waals surface area contributed by atoms with Crippen molar-refractivity contribution in [1.29, 1.82) is 0 Å². The van der Waals surface area contributed by atoms with Gasteiger partial charge in [-0.2, -0.15) is 26.3 Å². The summed E-state index contributed by atoms with van der Waals surface area (Å²) in [7, 11) is 0. The summed E-state index contributed by atoms with van der Waals surface area (Å²) >= 11 is 0. The highest BCUT2D eigenvalue weighted by atomic mass is 19.4. The number of rotatable bonds is 5. The van der Waals surface area contributed by atoms with Gasteiger partial charge in [0.25, 0.3) is 5.78 Å². The summed E-state index contributed by atoms with van der Waals surface area (Å²) in [6.07, 6.45) is -9.08. The van der Waals surface area contributed by atoms with Crippen molar-refractivity contribution in [2.24, 2.45) is 0 Å². The molecule has 0 aromatic heterocycles. The molecule has 8 heteroatoms. The molecule has 0 saturated carbocycles. The van der Waals surface area contributed by atoms with Crippen LogP contribution in [0.3, 0.4) is 0 Å². The molecular weight excluding hydrogens is 374 g/mol. The predicted molar refractivity (Wildman–Crippen MR) is 87.5 cm³/mol. The van der Waals surface area contributed by atoms with E-state index in [4.69, 9.17) is 4.74 Å². The maximum atomic E-state index is 12.6. The lowest BCUT2D eigenvalue weighted by molar-refractivity contribution is -0.165. The Kier molecular flexibility index (Phi) is 5.98. The van der Waals surface area contributed by atoms with Gasteiger partial charge in [-0.15, -0.1) is 0 Å². The third-order valence-corrected chi connectivity index (χ3v) is 3.56. The summed E-state index contributed by atoms with van der Waals surface area (Å²) in [5.41, 5.74) is 0.522. The molecule has 0 fully saturated rings. The van der Waals surface area contributed by atoms with Crippen LogP contribution in [-0.4, -0.2) is 18.6 Å². The molecule has 2 nitrogen and oxygen atoms in total. The van der Waals surface area contributed by atoms with Crippen molar-refractivity contribution < 1.29 is 35.9 Å². The molecule has 0 atom stereocenters. The number of allylic oxidation sites excluding steroid dienone is 1. The first-order valence-electron chi connectivity index (χ1n) is 7.76. The first-order valence-corrected chi connectivity index (χ1v) is 7.76. The van der Waals surface area contributed by atoms with Gasteiger partial charge < -0.3 is 4.74 Å². The lowest BCUT2D eigenvalue weighted by Crippen LogP contribution is -2.20. The highest BCUT2D eigenvalue weighted by molar-refractivity contribution is 5.99. The standard InChI is InChI=1S/C19H14F6O2/c1-2-27-16(11-17(26)19(23,24)25)14-5-3-12(4-6-14)13-7-9-15(10-8-13)18(20,21)22/h3-11H,2H2,1H3/b16-11-. The second-order valence-corrected chi connectivity index (χ2v) is 5.46. The molecule has 0 N–H and O–H groups in total. The van der Waals surface area contributed by atoms with Crippen molar-refractivity contribution in [3.8, 4) is 11.1 Å². The maximum Gasteiger partial charge on any atom is 0.454 e. The minimum atomic E-state index is -5.01. The molecular formula is C19H14F6O2. The normalized spacial score (nSPS) is 12.8. The minimum Gasteiger partial charge on any atom is -0.493 e. The van der Waals surface area contributed by atoms with Gasteiger partial charge in [0, 0.05) is 11.6 Å². The lowest BCUT2D eigenvalue weighted by Gasteiger charge is -2.11. The molecule has 0 saturated heterocycles. The number of halogens is 6. The maximum absolute atomic E-state index is 12.6. The molecule has 0 aliphatic carbocycles. The van der Waals surface area contributed by atoms with Crippen LogP contribution >= 0.6 is 0 Å². The highest BCUT2D eigenvalue weighted by Gasteiger charge is 2.37. The second-order valence-electron chi connectivity index (χ2n) is 5.46. The van der Waals surface area contributed by atoms with Crippen LogP contribution < -0.4 is 0 Å². The monoisotopic (exact) mass is 388 g/mol. The molecule has 2 aromatic rings. The summed E-state index contributed by atoms with van der Waals surface area (Å²) < 4.78 is 80.2. The van der Waals surface area contributed by atoms with Crippen molar-refractivity contribution in [1.82, 2.24) is 0 Å². The molecule has 27 heavy (non-hydrogen) atoms. The molecule has 2 rings (SSSR count). The zero-order valence-electron chi connectivity index (χ0n) is 14.0. The van der Waals surface area contributed by atoms with Gasteiger partial charge in [-0.05, 0) is 30.2 Å². The largest absolute Gasteiger partial charge is 0.493 e. The van der Waals surface area contributed by atoms with Gasteiger partial charge in [0.1, 0.15) is 5.76 Å². The Morgan fingerprint density at radius 2 is 1.37 bits per heavy atom. The van der Waals surface area contributed by atoms with E-state index in [2.05, 4.69) is 0 Å². The Morgan fingerprint density at radius 1 is 0.889 bits per heavy atom. The number of ether oxygens (including phenoxy) is 1. The van der Waals surface area contributed by atoms with E-state index in [9.17, 15) is 31.1 Å². The van der Waals surface area contributed by atoms with Gasteiger partial charge in [-0.3, -0.25) is 4.79 Å². The van der Waals surface area contributed by atoms with Crippen molar-refractivity contribution in [2.45, 2.75) is 19.3 Å². The fraction of sp³-hybridized carbons (Fsp3) is 0.211. The molecule has 0 heterocycles. The van der Waals surface area contributed by atoms with Crippen molar-refractivity contribution in [3.05, 3.63) is 65.7 Å². The van der Waals surface area contributed by atoms with Crippen LogP contribution in [0, 0.1) is 0 Å². The van der Waals surface area contributed by atoms with Crippen LogP contribution in [0.15, 0.2) is 54.6 Å². The summed E-state index contributed by atoms with van der Waals surface area (Å²) in [5.74, 6) is -2.28. The number of benzene rings is 2. The molecule has 0 bridgehead atoms. The smallest absolute Gasteiger partial charge is 0.454 e. The van der Waals surface area contributed by atoms with E-state index in [0.29, 0.717) is 17.2 Å². The summed E-state index contributed by atoms with van der Waals surface area (Å²) in [5, 5.41) is 0. The SMILES string of the molecule is CCO/C(=C\C(=O)C(F)(F)F)c1ccc(-c2ccc(C(F)(F)F)cc2)cc1. The van der Waals surface area contributed by atoms with Crippen molar-refractivity contribution >= 4 is 11.5 Å². The van der Waals surface area contributed by atoms with E-state index in [-0.39, 0.29) is 17.9 Å². The molecule has 0 radical (unpaired) electrons. The summed E-state index contributed by atoms with van der Waals surface area (Å²) in [6.45, 7) is 1.61.